The van der Waals surface area contributed by atoms with Gasteiger partial charge in [-0.2, -0.15) is 0 Å². The van der Waals surface area contributed by atoms with Crippen LogP contribution >= 0.6 is 0 Å². The van der Waals surface area contributed by atoms with E-state index < -0.39 is 14.8 Å². The van der Waals surface area contributed by atoms with Crippen LogP contribution in [0.4, 0.5) is 11.4 Å². The standard InChI is InChI=1S/C19H24N2O4S/c1-13-9-16(10-17-18(13)25-12-24-17)20-11-14-5-7-15(8-6-14)21-26(22,23)19(2,3)4/h5-10,20-21H,11-12H2,1-4H3. The Bertz CT molecular complexity index is 900. The van der Waals surface area contributed by atoms with Gasteiger partial charge in [-0.25, -0.2) is 8.42 Å². The van der Waals surface area contributed by atoms with Crippen LogP contribution < -0.4 is 19.5 Å². The highest BCUT2D eigenvalue weighted by atomic mass is 32.2. The molecule has 0 radical (unpaired) electrons. The molecule has 0 atom stereocenters. The van der Waals surface area contributed by atoms with Crippen LogP contribution in [0.25, 0.3) is 0 Å². The van der Waals surface area contributed by atoms with Gasteiger partial charge in [0.2, 0.25) is 16.8 Å². The summed E-state index contributed by atoms with van der Waals surface area (Å²) >= 11 is 0. The minimum absolute atomic E-state index is 0.256. The summed E-state index contributed by atoms with van der Waals surface area (Å²) in [6.07, 6.45) is 0. The minimum Gasteiger partial charge on any atom is -0.454 e. The highest BCUT2D eigenvalue weighted by molar-refractivity contribution is 7.94. The lowest BCUT2D eigenvalue weighted by molar-refractivity contribution is 0.173. The number of benzene rings is 2. The average Bonchev–Trinajstić information content (AvgIpc) is 3.02. The molecule has 1 heterocycles. The Morgan fingerprint density at radius 1 is 1.04 bits per heavy atom. The molecule has 7 heteroatoms. The molecule has 140 valence electrons. The van der Waals surface area contributed by atoms with E-state index in [-0.39, 0.29) is 6.79 Å². The highest BCUT2D eigenvalue weighted by Crippen LogP contribution is 2.38. The van der Waals surface area contributed by atoms with Gasteiger partial charge in [-0.1, -0.05) is 12.1 Å². The van der Waals surface area contributed by atoms with Crippen molar-refractivity contribution in [1.82, 2.24) is 0 Å². The summed E-state index contributed by atoms with van der Waals surface area (Å²) in [5.41, 5.74) is 3.57. The Labute approximate surface area is 154 Å². The number of sulfonamides is 1. The van der Waals surface area contributed by atoms with E-state index in [0.29, 0.717) is 12.2 Å². The van der Waals surface area contributed by atoms with Crippen LogP contribution in [0.5, 0.6) is 11.5 Å². The van der Waals surface area contributed by atoms with Gasteiger partial charge in [0.15, 0.2) is 11.5 Å². The van der Waals surface area contributed by atoms with E-state index >= 15 is 0 Å². The van der Waals surface area contributed by atoms with Crippen molar-refractivity contribution in [3.05, 3.63) is 47.5 Å². The Balaban J connectivity index is 1.64. The number of anilines is 2. The summed E-state index contributed by atoms with van der Waals surface area (Å²) in [5.74, 6) is 1.55. The third-order valence-electron chi connectivity index (χ3n) is 4.17. The number of hydrogen-bond donors (Lipinski definition) is 2. The van der Waals surface area contributed by atoms with Gasteiger partial charge in [0.25, 0.3) is 0 Å². The molecule has 2 N–H and O–H groups in total. The van der Waals surface area contributed by atoms with Crippen LogP contribution in [0.2, 0.25) is 0 Å². The summed E-state index contributed by atoms with van der Waals surface area (Å²) in [4.78, 5) is 0. The molecule has 2 aromatic rings. The van der Waals surface area contributed by atoms with Crippen LogP contribution in [0.1, 0.15) is 31.9 Å². The summed E-state index contributed by atoms with van der Waals surface area (Å²) in [7, 11) is -3.42. The summed E-state index contributed by atoms with van der Waals surface area (Å²) in [6.45, 7) is 7.86. The van der Waals surface area contributed by atoms with Gasteiger partial charge in [-0.05, 0) is 57.0 Å². The number of aryl methyl sites for hydroxylation is 1. The van der Waals surface area contributed by atoms with Crippen LogP contribution in [-0.4, -0.2) is 20.0 Å². The van der Waals surface area contributed by atoms with E-state index in [1.165, 1.54) is 0 Å². The number of hydrogen-bond acceptors (Lipinski definition) is 5. The second kappa shape index (κ2) is 6.72. The number of ether oxygens (including phenoxy) is 2. The largest absolute Gasteiger partial charge is 0.454 e. The quantitative estimate of drug-likeness (QED) is 0.828. The SMILES string of the molecule is Cc1cc(NCc2ccc(NS(=O)(=O)C(C)(C)C)cc2)cc2c1OCO2. The van der Waals surface area contributed by atoms with Crippen molar-refractivity contribution in [1.29, 1.82) is 0 Å². The molecule has 0 aliphatic carbocycles. The van der Waals surface area contributed by atoms with Gasteiger partial charge < -0.3 is 14.8 Å². The van der Waals surface area contributed by atoms with Gasteiger partial charge >= 0.3 is 0 Å². The monoisotopic (exact) mass is 376 g/mol. The van der Waals surface area contributed by atoms with Crippen molar-refractivity contribution in [3.63, 3.8) is 0 Å². The van der Waals surface area contributed by atoms with Crippen molar-refractivity contribution >= 4 is 21.4 Å². The highest BCUT2D eigenvalue weighted by Gasteiger charge is 2.28. The van der Waals surface area contributed by atoms with Gasteiger partial charge in [0.05, 0.1) is 4.75 Å². The first-order chi connectivity index (χ1) is 12.2. The fraction of sp³-hybridized carbons (Fsp3) is 0.368. The minimum atomic E-state index is -3.42. The Morgan fingerprint density at radius 3 is 2.38 bits per heavy atom. The molecule has 0 amide bonds. The molecule has 1 aliphatic heterocycles. The second-order valence-corrected chi connectivity index (χ2v) is 9.73. The molecule has 0 aromatic heterocycles. The zero-order chi connectivity index (χ0) is 18.9. The Hall–Kier alpha value is -2.41. The lowest BCUT2D eigenvalue weighted by Gasteiger charge is -2.20. The molecular formula is C19H24N2O4S. The average molecular weight is 376 g/mol. The number of fused-ring (bicyclic) bond motifs is 1. The van der Waals surface area contributed by atoms with E-state index in [4.69, 9.17) is 9.47 Å². The molecule has 0 fully saturated rings. The van der Waals surface area contributed by atoms with Crippen LogP contribution in [0, 0.1) is 6.92 Å². The lowest BCUT2D eigenvalue weighted by atomic mass is 10.1. The molecule has 26 heavy (non-hydrogen) atoms. The zero-order valence-corrected chi connectivity index (χ0v) is 16.2. The summed E-state index contributed by atoms with van der Waals surface area (Å²) in [5, 5.41) is 3.35. The van der Waals surface area contributed by atoms with E-state index in [2.05, 4.69) is 10.0 Å². The van der Waals surface area contributed by atoms with Gasteiger partial charge in [0, 0.05) is 24.0 Å². The first-order valence-corrected chi connectivity index (χ1v) is 9.89. The first-order valence-electron chi connectivity index (χ1n) is 8.41. The maximum atomic E-state index is 12.2. The van der Waals surface area contributed by atoms with Gasteiger partial charge in [0.1, 0.15) is 0 Å². The number of rotatable bonds is 5. The third kappa shape index (κ3) is 3.88. The second-order valence-electron chi connectivity index (χ2n) is 7.30. The smallest absolute Gasteiger partial charge is 0.237 e. The van der Waals surface area contributed by atoms with Crippen LogP contribution in [0.3, 0.4) is 0 Å². The molecule has 0 bridgehead atoms. The molecular weight excluding hydrogens is 352 g/mol. The molecule has 6 nitrogen and oxygen atoms in total. The lowest BCUT2D eigenvalue weighted by Crippen LogP contribution is -2.33. The van der Waals surface area contributed by atoms with Crippen molar-refractivity contribution in [2.45, 2.75) is 39.0 Å². The molecule has 0 unspecified atom stereocenters. The van der Waals surface area contributed by atoms with E-state index in [0.717, 1.165) is 28.3 Å². The van der Waals surface area contributed by atoms with Crippen LogP contribution in [0.15, 0.2) is 36.4 Å². The third-order valence-corrected chi connectivity index (χ3v) is 6.28. The molecule has 0 saturated carbocycles. The molecule has 0 saturated heterocycles. The molecule has 0 spiro atoms. The van der Waals surface area contributed by atoms with Gasteiger partial charge in [-0.15, -0.1) is 0 Å². The fourth-order valence-corrected chi connectivity index (χ4v) is 3.24. The zero-order valence-electron chi connectivity index (χ0n) is 15.4. The normalized spacial score (nSPS) is 13.5. The van der Waals surface area contributed by atoms with Crippen molar-refractivity contribution < 1.29 is 17.9 Å². The van der Waals surface area contributed by atoms with Crippen molar-refractivity contribution in [3.8, 4) is 11.5 Å². The van der Waals surface area contributed by atoms with Crippen molar-refractivity contribution in [2.24, 2.45) is 0 Å². The molecule has 3 rings (SSSR count). The van der Waals surface area contributed by atoms with Crippen LogP contribution in [-0.2, 0) is 16.6 Å². The maximum absolute atomic E-state index is 12.2. The summed E-state index contributed by atoms with van der Waals surface area (Å²) in [6, 6.07) is 11.3. The number of nitrogens with one attached hydrogen (secondary N) is 2. The van der Waals surface area contributed by atoms with Gasteiger partial charge in [-0.3, -0.25) is 4.72 Å². The first kappa shape index (κ1) is 18.4. The predicted octanol–water partition coefficient (Wildman–Crippen LogP) is 3.88. The Kier molecular flexibility index (Phi) is 4.75. The Morgan fingerprint density at radius 2 is 1.73 bits per heavy atom. The fourth-order valence-electron chi connectivity index (χ4n) is 2.49. The maximum Gasteiger partial charge on any atom is 0.237 e. The molecule has 2 aromatic carbocycles. The van der Waals surface area contributed by atoms with E-state index in [9.17, 15) is 8.42 Å². The van der Waals surface area contributed by atoms with E-state index in [1.807, 2.05) is 31.2 Å². The topological polar surface area (TPSA) is 76.7 Å². The van der Waals surface area contributed by atoms with E-state index in [1.54, 1.807) is 32.9 Å². The summed E-state index contributed by atoms with van der Waals surface area (Å²) < 4.78 is 37.0. The predicted molar refractivity (Wildman–Crippen MR) is 103 cm³/mol. The van der Waals surface area contributed by atoms with Crippen molar-refractivity contribution in [2.75, 3.05) is 16.8 Å². The molecule has 1 aliphatic rings.